The Labute approximate surface area is 146 Å². The van der Waals surface area contributed by atoms with Gasteiger partial charge in [0.15, 0.2) is 0 Å². The average molecular weight is 370 g/mol. The maximum atomic E-state index is 13.3. The van der Waals surface area contributed by atoms with E-state index in [9.17, 15) is 13.5 Å². The molecule has 0 saturated heterocycles. The first-order chi connectivity index (χ1) is 11.5. The number of hydrogen-bond donors (Lipinski definition) is 1. The first-order valence-electron chi connectivity index (χ1n) is 8.24. The van der Waals surface area contributed by atoms with E-state index in [0.29, 0.717) is 5.69 Å². The molecular formula is C16H23N3O3S2. The summed E-state index contributed by atoms with van der Waals surface area (Å²) in [5.74, 6) is 0. The first-order valence-corrected chi connectivity index (χ1v) is 10.6. The van der Waals surface area contributed by atoms with E-state index in [0.717, 1.165) is 37.0 Å². The lowest BCUT2D eigenvalue weighted by Gasteiger charge is -2.32. The summed E-state index contributed by atoms with van der Waals surface area (Å²) >= 11 is 1.47. The standard InChI is InChI=1S/C16H23N3O3S2/c1-18-12-15(16(17-18)14-8-5-11-23-14)24(21,22)19(9-10-20)13-6-3-2-4-7-13/h5,8,11-13,20H,2-4,6-7,9-10H2,1H3. The van der Waals surface area contributed by atoms with E-state index in [1.54, 1.807) is 17.9 Å². The number of rotatable bonds is 6. The molecule has 0 spiro atoms. The third-order valence-corrected chi connectivity index (χ3v) is 7.27. The molecule has 0 radical (unpaired) electrons. The topological polar surface area (TPSA) is 75.4 Å². The number of nitrogens with zero attached hydrogens (tertiary/aromatic N) is 3. The maximum Gasteiger partial charge on any atom is 0.247 e. The Morgan fingerprint density at radius 3 is 2.75 bits per heavy atom. The molecule has 24 heavy (non-hydrogen) atoms. The van der Waals surface area contributed by atoms with Crippen molar-refractivity contribution >= 4 is 21.4 Å². The van der Waals surface area contributed by atoms with Gasteiger partial charge in [0.25, 0.3) is 0 Å². The molecule has 0 bridgehead atoms. The lowest BCUT2D eigenvalue weighted by molar-refractivity contribution is 0.199. The lowest BCUT2D eigenvalue weighted by Crippen LogP contribution is -2.43. The van der Waals surface area contributed by atoms with Crippen molar-refractivity contribution in [2.45, 2.75) is 43.0 Å². The molecule has 1 aliphatic carbocycles. The van der Waals surface area contributed by atoms with Crippen LogP contribution >= 0.6 is 11.3 Å². The Morgan fingerprint density at radius 2 is 2.12 bits per heavy atom. The smallest absolute Gasteiger partial charge is 0.247 e. The molecule has 1 saturated carbocycles. The zero-order valence-electron chi connectivity index (χ0n) is 13.8. The summed E-state index contributed by atoms with van der Waals surface area (Å²) in [6.45, 7) is -0.0455. The van der Waals surface area contributed by atoms with Gasteiger partial charge in [-0.3, -0.25) is 4.68 Å². The van der Waals surface area contributed by atoms with Gasteiger partial charge in [0, 0.05) is 25.8 Å². The molecule has 132 valence electrons. The second kappa shape index (κ2) is 7.35. The molecule has 6 nitrogen and oxygen atoms in total. The number of aromatic nitrogens is 2. The third-order valence-electron chi connectivity index (χ3n) is 4.44. The summed E-state index contributed by atoms with van der Waals surface area (Å²) in [4.78, 5) is 1.06. The van der Waals surface area contributed by atoms with Gasteiger partial charge in [-0.15, -0.1) is 11.3 Å². The van der Waals surface area contributed by atoms with Crippen LogP contribution in [0.2, 0.25) is 0 Å². The minimum Gasteiger partial charge on any atom is -0.395 e. The molecule has 1 aliphatic rings. The summed E-state index contributed by atoms with van der Waals surface area (Å²) in [7, 11) is -1.97. The van der Waals surface area contributed by atoms with Crippen molar-refractivity contribution in [3.8, 4) is 10.6 Å². The van der Waals surface area contributed by atoms with Gasteiger partial charge in [0.05, 0.1) is 11.5 Å². The van der Waals surface area contributed by atoms with E-state index in [1.165, 1.54) is 15.6 Å². The van der Waals surface area contributed by atoms with Crippen LogP contribution in [0.25, 0.3) is 10.6 Å². The molecule has 0 amide bonds. The Bertz CT molecular complexity index is 763. The van der Waals surface area contributed by atoms with Gasteiger partial charge >= 0.3 is 0 Å². The Hall–Kier alpha value is -1.22. The minimum atomic E-state index is -3.70. The summed E-state index contributed by atoms with van der Waals surface area (Å²) in [6.07, 6.45) is 6.50. The van der Waals surface area contributed by atoms with Gasteiger partial charge in [-0.1, -0.05) is 25.3 Å². The van der Waals surface area contributed by atoms with E-state index in [2.05, 4.69) is 5.10 Å². The van der Waals surface area contributed by atoms with Gasteiger partial charge < -0.3 is 5.11 Å². The monoisotopic (exact) mass is 369 g/mol. The van der Waals surface area contributed by atoms with Crippen LogP contribution < -0.4 is 0 Å². The highest BCUT2D eigenvalue weighted by atomic mass is 32.2. The predicted octanol–water partition coefficient (Wildman–Crippen LogP) is 2.46. The number of aryl methyl sites for hydroxylation is 1. The number of aliphatic hydroxyl groups excluding tert-OH is 1. The molecule has 1 fully saturated rings. The maximum absolute atomic E-state index is 13.3. The molecule has 8 heteroatoms. The van der Waals surface area contributed by atoms with Crippen molar-refractivity contribution in [1.82, 2.24) is 14.1 Å². The fourth-order valence-electron chi connectivity index (χ4n) is 3.33. The van der Waals surface area contributed by atoms with Crippen LogP contribution in [-0.4, -0.2) is 46.8 Å². The molecular weight excluding hydrogens is 346 g/mol. The van der Waals surface area contributed by atoms with Crippen molar-refractivity contribution in [3.05, 3.63) is 23.7 Å². The van der Waals surface area contributed by atoms with Gasteiger partial charge in [-0.25, -0.2) is 8.42 Å². The third kappa shape index (κ3) is 3.42. The quantitative estimate of drug-likeness (QED) is 0.849. The van der Waals surface area contributed by atoms with Crippen molar-refractivity contribution in [3.63, 3.8) is 0 Å². The fraction of sp³-hybridized carbons (Fsp3) is 0.562. The largest absolute Gasteiger partial charge is 0.395 e. The Morgan fingerprint density at radius 1 is 1.38 bits per heavy atom. The highest BCUT2D eigenvalue weighted by Gasteiger charge is 2.35. The molecule has 0 aromatic carbocycles. The Kier molecular flexibility index (Phi) is 5.39. The van der Waals surface area contributed by atoms with Crippen LogP contribution in [0.5, 0.6) is 0 Å². The molecule has 0 atom stereocenters. The van der Waals surface area contributed by atoms with Crippen molar-refractivity contribution in [2.75, 3.05) is 13.2 Å². The van der Waals surface area contributed by atoms with Crippen molar-refractivity contribution in [2.24, 2.45) is 7.05 Å². The second-order valence-electron chi connectivity index (χ2n) is 6.12. The van der Waals surface area contributed by atoms with Crippen molar-refractivity contribution < 1.29 is 13.5 Å². The van der Waals surface area contributed by atoms with Gasteiger partial charge in [0.1, 0.15) is 10.6 Å². The van der Waals surface area contributed by atoms with Crippen LogP contribution in [-0.2, 0) is 17.1 Å². The van der Waals surface area contributed by atoms with Crippen LogP contribution in [0.1, 0.15) is 32.1 Å². The number of thiophene rings is 1. The van der Waals surface area contributed by atoms with E-state index >= 15 is 0 Å². The molecule has 2 aromatic heterocycles. The molecule has 0 aliphatic heterocycles. The molecule has 1 N–H and O–H groups in total. The van der Waals surface area contributed by atoms with Crippen molar-refractivity contribution in [1.29, 1.82) is 0 Å². The summed E-state index contributed by atoms with van der Waals surface area (Å²) < 4.78 is 29.7. The molecule has 2 heterocycles. The highest BCUT2D eigenvalue weighted by Crippen LogP contribution is 2.34. The van der Waals surface area contributed by atoms with Crippen LogP contribution in [0, 0.1) is 0 Å². The minimum absolute atomic E-state index is 0.0349. The first kappa shape index (κ1) is 17.6. The van der Waals surface area contributed by atoms with Crippen LogP contribution in [0.3, 0.4) is 0 Å². The second-order valence-corrected chi connectivity index (χ2v) is 8.93. The van der Waals surface area contributed by atoms with E-state index in [4.69, 9.17) is 0 Å². The molecule has 0 unspecified atom stereocenters. The van der Waals surface area contributed by atoms with E-state index in [1.807, 2.05) is 17.5 Å². The zero-order chi connectivity index (χ0) is 17.2. The van der Waals surface area contributed by atoms with Gasteiger partial charge in [0.2, 0.25) is 10.0 Å². The normalized spacial score (nSPS) is 16.8. The molecule has 3 rings (SSSR count). The fourth-order valence-corrected chi connectivity index (χ4v) is 5.98. The van der Waals surface area contributed by atoms with Gasteiger partial charge in [-0.05, 0) is 24.3 Å². The number of aliphatic hydroxyl groups is 1. The zero-order valence-corrected chi connectivity index (χ0v) is 15.4. The molecule has 2 aromatic rings. The predicted molar refractivity (Wildman–Crippen MR) is 94.4 cm³/mol. The number of sulfonamides is 1. The van der Waals surface area contributed by atoms with E-state index in [-0.39, 0.29) is 24.1 Å². The SMILES string of the molecule is Cn1cc(S(=O)(=O)N(CCO)C2CCCCC2)c(-c2cccs2)n1. The van der Waals surface area contributed by atoms with Crippen LogP contribution in [0.4, 0.5) is 0 Å². The summed E-state index contributed by atoms with van der Waals surface area (Å²) in [6, 6.07) is 3.73. The number of hydrogen-bond acceptors (Lipinski definition) is 5. The summed E-state index contributed by atoms with van der Waals surface area (Å²) in [5, 5.41) is 15.7. The average Bonchev–Trinajstić information content (AvgIpc) is 3.22. The highest BCUT2D eigenvalue weighted by molar-refractivity contribution is 7.89. The lowest BCUT2D eigenvalue weighted by atomic mass is 9.95. The van der Waals surface area contributed by atoms with E-state index < -0.39 is 10.0 Å². The summed E-state index contributed by atoms with van der Waals surface area (Å²) in [5.41, 5.74) is 0.492. The van der Waals surface area contributed by atoms with Gasteiger partial charge in [-0.2, -0.15) is 9.40 Å². The Balaban J connectivity index is 2.02. The van der Waals surface area contributed by atoms with Crippen LogP contribution in [0.15, 0.2) is 28.6 Å².